The summed E-state index contributed by atoms with van der Waals surface area (Å²) in [7, 11) is 1.58. The molecule has 25 heavy (non-hydrogen) atoms. The van der Waals surface area contributed by atoms with Crippen molar-refractivity contribution in [3.8, 4) is 0 Å². The predicted molar refractivity (Wildman–Crippen MR) is 96.6 cm³/mol. The lowest BCUT2D eigenvalue weighted by Gasteiger charge is -2.09. The van der Waals surface area contributed by atoms with Gasteiger partial charge in [-0.15, -0.1) is 11.3 Å². The number of allylic oxidation sites excluding steroid dienone is 2. The third-order valence-electron chi connectivity index (χ3n) is 3.26. The Hall–Kier alpha value is -2.78. The Morgan fingerprint density at radius 1 is 1.36 bits per heavy atom. The van der Waals surface area contributed by atoms with Crippen molar-refractivity contribution in [3.05, 3.63) is 34.9 Å². The number of anilines is 1. The van der Waals surface area contributed by atoms with Crippen LogP contribution in [0.2, 0.25) is 0 Å². The number of rotatable bonds is 8. The summed E-state index contributed by atoms with van der Waals surface area (Å²) in [6.07, 6.45) is 3.31. The van der Waals surface area contributed by atoms with Gasteiger partial charge in [-0.05, 0) is 13.0 Å². The fourth-order valence-corrected chi connectivity index (χ4v) is 3.43. The zero-order valence-corrected chi connectivity index (χ0v) is 14.7. The standard InChI is InChI=1S/C16H19N3O5S/c1-4-5-9(23-7-6-22-3)13-8(2)11-14(25-13)10(19-16(18)21)12(24-11)15(17)20/h4-5H,1,6-7H2,2-3H3,(H2,17,20)(H3,18,19,21)/b9-5+. The second-order valence-electron chi connectivity index (χ2n) is 4.98. The molecule has 0 radical (unpaired) electrons. The lowest BCUT2D eigenvalue weighted by Crippen LogP contribution is -2.21. The van der Waals surface area contributed by atoms with Crippen molar-refractivity contribution < 1.29 is 23.5 Å². The Morgan fingerprint density at radius 3 is 2.64 bits per heavy atom. The van der Waals surface area contributed by atoms with Gasteiger partial charge in [0.1, 0.15) is 18.1 Å². The second kappa shape index (κ2) is 7.86. The fraction of sp³-hybridized carbons (Fsp3) is 0.250. The molecule has 8 nitrogen and oxygen atoms in total. The van der Waals surface area contributed by atoms with Crippen LogP contribution in [0.5, 0.6) is 0 Å². The monoisotopic (exact) mass is 365 g/mol. The van der Waals surface area contributed by atoms with Crippen molar-refractivity contribution in [2.24, 2.45) is 11.5 Å². The molecule has 0 saturated heterocycles. The van der Waals surface area contributed by atoms with Crippen LogP contribution in [0.15, 0.2) is 23.1 Å². The predicted octanol–water partition coefficient (Wildman–Crippen LogP) is 2.58. The Balaban J connectivity index is 2.55. The van der Waals surface area contributed by atoms with E-state index in [1.807, 2.05) is 6.92 Å². The van der Waals surface area contributed by atoms with E-state index >= 15 is 0 Å². The van der Waals surface area contributed by atoms with E-state index in [-0.39, 0.29) is 11.4 Å². The second-order valence-corrected chi connectivity index (χ2v) is 6.00. The molecule has 0 atom stereocenters. The maximum atomic E-state index is 11.6. The van der Waals surface area contributed by atoms with E-state index in [1.165, 1.54) is 11.3 Å². The number of hydrogen-bond acceptors (Lipinski definition) is 6. The number of carbonyl (C=O) groups is 2. The highest BCUT2D eigenvalue weighted by Gasteiger charge is 2.26. The van der Waals surface area contributed by atoms with E-state index in [0.29, 0.717) is 29.3 Å². The molecule has 3 amide bonds. The largest absolute Gasteiger partial charge is 0.490 e. The Morgan fingerprint density at radius 2 is 2.08 bits per heavy atom. The van der Waals surface area contributed by atoms with Crippen molar-refractivity contribution in [1.29, 1.82) is 0 Å². The van der Waals surface area contributed by atoms with Crippen LogP contribution in [0.3, 0.4) is 0 Å². The smallest absolute Gasteiger partial charge is 0.316 e. The number of aryl methyl sites for hydroxylation is 1. The van der Waals surface area contributed by atoms with Gasteiger partial charge in [0.25, 0.3) is 5.91 Å². The maximum absolute atomic E-state index is 11.6. The topological polar surface area (TPSA) is 130 Å². The van der Waals surface area contributed by atoms with E-state index in [1.54, 1.807) is 19.3 Å². The molecule has 2 aromatic rings. The SMILES string of the molecule is C=C/C=C(/OCCOC)c1sc2c(NC(N)=O)c(C(N)=O)oc2c1C. The molecule has 0 aromatic carbocycles. The number of amides is 3. The van der Waals surface area contributed by atoms with Crippen LogP contribution in [0.4, 0.5) is 10.5 Å². The Kier molecular flexibility index (Phi) is 5.84. The molecule has 134 valence electrons. The first-order valence-corrected chi connectivity index (χ1v) is 8.09. The average molecular weight is 365 g/mol. The van der Waals surface area contributed by atoms with Gasteiger partial charge in [0.2, 0.25) is 5.76 Å². The lowest BCUT2D eigenvalue weighted by atomic mass is 10.2. The average Bonchev–Trinajstić information content (AvgIpc) is 3.04. The number of primary amides is 2. The number of ether oxygens (including phenoxy) is 2. The van der Waals surface area contributed by atoms with Crippen LogP contribution >= 0.6 is 11.3 Å². The van der Waals surface area contributed by atoms with E-state index in [9.17, 15) is 9.59 Å². The Labute approximate surface area is 148 Å². The molecule has 2 heterocycles. The molecule has 0 unspecified atom stereocenters. The molecule has 9 heteroatoms. The quantitative estimate of drug-likeness (QED) is 0.376. The third-order valence-corrected chi connectivity index (χ3v) is 4.56. The fourth-order valence-electron chi connectivity index (χ4n) is 2.22. The van der Waals surface area contributed by atoms with E-state index < -0.39 is 11.9 Å². The number of furan rings is 1. The first-order chi connectivity index (χ1) is 11.9. The summed E-state index contributed by atoms with van der Waals surface area (Å²) >= 11 is 1.28. The Bertz CT molecular complexity index is 850. The summed E-state index contributed by atoms with van der Waals surface area (Å²) < 4.78 is 16.8. The minimum absolute atomic E-state index is 0.149. The van der Waals surface area contributed by atoms with E-state index in [2.05, 4.69) is 11.9 Å². The van der Waals surface area contributed by atoms with Crippen LogP contribution in [-0.4, -0.2) is 32.3 Å². The van der Waals surface area contributed by atoms with Gasteiger partial charge < -0.3 is 30.7 Å². The number of nitrogens with one attached hydrogen (secondary N) is 1. The highest BCUT2D eigenvalue weighted by Crippen LogP contribution is 2.43. The first-order valence-electron chi connectivity index (χ1n) is 7.27. The number of thiophene rings is 1. The normalized spacial score (nSPS) is 11.5. The van der Waals surface area contributed by atoms with Crippen molar-refractivity contribution in [1.82, 2.24) is 0 Å². The van der Waals surface area contributed by atoms with E-state index in [4.69, 9.17) is 25.4 Å². The van der Waals surface area contributed by atoms with Crippen LogP contribution in [0, 0.1) is 6.92 Å². The molecule has 0 spiro atoms. The minimum Gasteiger partial charge on any atom is -0.490 e. The molecule has 5 N–H and O–H groups in total. The summed E-state index contributed by atoms with van der Waals surface area (Å²) in [5.41, 5.74) is 11.8. The van der Waals surface area contributed by atoms with Crippen LogP contribution in [0.1, 0.15) is 21.0 Å². The molecular formula is C16H19N3O5S. The van der Waals surface area contributed by atoms with Gasteiger partial charge in [-0.2, -0.15) is 0 Å². The van der Waals surface area contributed by atoms with Gasteiger partial charge in [-0.25, -0.2) is 4.79 Å². The first kappa shape index (κ1) is 18.6. The van der Waals surface area contributed by atoms with Crippen LogP contribution < -0.4 is 16.8 Å². The number of nitrogens with two attached hydrogens (primary N) is 2. The van der Waals surface area contributed by atoms with Gasteiger partial charge >= 0.3 is 6.03 Å². The summed E-state index contributed by atoms with van der Waals surface area (Å²) in [4.78, 5) is 23.6. The van der Waals surface area contributed by atoms with Crippen molar-refractivity contribution >= 4 is 45.0 Å². The molecule has 0 aliphatic carbocycles. The molecule has 2 aromatic heterocycles. The van der Waals surface area contributed by atoms with Gasteiger partial charge in [-0.1, -0.05) is 12.7 Å². The van der Waals surface area contributed by atoms with Gasteiger partial charge in [0, 0.05) is 12.7 Å². The zero-order chi connectivity index (χ0) is 18.6. The number of urea groups is 1. The lowest BCUT2D eigenvalue weighted by molar-refractivity contribution is 0.0977. The number of fused-ring (bicyclic) bond motifs is 1. The third kappa shape index (κ3) is 3.83. The highest BCUT2D eigenvalue weighted by molar-refractivity contribution is 7.20. The van der Waals surface area contributed by atoms with Crippen molar-refractivity contribution in [3.63, 3.8) is 0 Å². The molecule has 2 rings (SSSR count). The number of methoxy groups -OCH3 is 1. The van der Waals surface area contributed by atoms with Crippen molar-refractivity contribution in [2.45, 2.75) is 6.92 Å². The van der Waals surface area contributed by atoms with Crippen LogP contribution in [0.25, 0.3) is 16.0 Å². The molecule has 0 fully saturated rings. The molecule has 0 aliphatic heterocycles. The molecular weight excluding hydrogens is 346 g/mol. The van der Waals surface area contributed by atoms with Gasteiger partial charge in [0.15, 0.2) is 5.58 Å². The van der Waals surface area contributed by atoms with Crippen molar-refractivity contribution in [2.75, 3.05) is 25.6 Å². The summed E-state index contributed by atoms with van der Waals surface area (Å²) in [6, 6.07) is -0.823. The summed E-state index contributed by atoms with van der Waals surface area (Å²) in [6.45, 7) is 6.27. The van der Waals surface area contributed by atoms with E-state index in [0.717, 1.165) is 10.4 Å². The van der Waals surface area contributed by atoms with Gasteiger partial charge in [-0.3, -0.25) is 4.79 Å². The minimum atomic E-state index is -0.823. The molecule has 0 aliphatic rings. The van der Waals surface area contributed by atoms with Crippen LogP contribution in [-0.2, 0) is 9.47 Å². The number of hydrogen-bond donors (Lipinski definition) is 3. The molecule has 0 saturated carbocycles. The van der Waals surface area contributed by atoms with Gasteiger partial charge in [0.05, 0.1) is 16.2 Å². The maximum Gasteiger partial charge on any atom is 0.316 e. The highest BCUT2D eigenvalue weighted by atomic mass is 32.1. The summed E-state index contributed by atoms with van der Waals surface area (Å²) in [5, 5.41) is 2.40. The summed E-state index contributed by atoms with van der Waals surface area (Å²) in [5.74, 6) is -0.373. The molecule has 0 bridgehead atoms. The number of carbonyl (C=O) groups excluding carboxylic acids is 2. The zero-order valence-electron chi connectivity index (χ0n) is 13.9.